The topological polar surface area (TPSA) is 12.0 Å². The van der Waals surface area contributed by atoms with Crippen molar-refractivity contribution in [2.75, 3.05) is 5.32 Å². The summed E-state index contributed by atoms with van der Waals surface area (Å²) in [5, 5.41) is 4.40. The van der Waals surface area contributed by atoms with Crippen LogP contribution in [0, 0.1) is 3.57 Å². The van der Waals surface area contributed by atoms with Gasteiger partial charge in [0, 0.05) is 24.8 Å². The second-order valence-electron chi connectivity index (χ2n) is 5.19. The van der Waals surface area contributed by atoms with Gasteiger partial charge in [-0.1, -0.05) is 39.7 Å². The first kappa shape index (κ1) is 14.7. The van der Waals surface area contributed by atoms with Crippen molar-refractivity contribution in [2.24, 2.45) is 0 Å². The molecule has 0 atom stereocenters. The van der Waals surface area contributed by atoms with E-state index in [2.05, 4.69) is 74.2 Å². The molecule has 4 heteroatoms. The quantitative estimate of drug-likeness (QED) is 0.547. The summed E-state index contributed by atoms with van der Waals surface area (Å²) in [4.78, 5) is 0. The van der Waals surface area contributed by atoms with Gasteiger partial charge in [0.15, 0.2) is 0 Å². The number of nitrogens with one attached hydrogen (secondary N) is 1. The van der Waals surface area contributed by atoms with E-state index in [1.165, 1.54) is 27.7 Å². The molecule has 0 amide bonds. The molecule has 104 valence electrons. The number of anilines is 1. The van der Waals surface area contributed by atoms with Crippen LogP contribution < -0.4 is 5.32 Å². The van der Waals surface area contributed by atoms with Crippen LogP contribution in [0.1, 0.15) is 24.3 Å². The zero-order valence-electron chi connectivity index (χ0n) is 10.7. The molecular formula is C16H14BrClIN. The van der Waals surface area contributed by atoms with E-state index in [1.54, 1.807) is 0 Å². The van der Waals surface area contributed by atoms with E-state index >= 15 is 0 Å². The second-order valence-corrected chi connectivity index (χ2v) is 7.70. The Bertz CT molecular complexity index is 608. The average Bonchev–Trinajstić information content (AvgIpc) is 2.37. The zero-order valence-corrected chi connectivity index (χ0v) is 15.2. The largest absolute Gasteiger partial charge is 0.381 e. The third-order valence-corrected chi connectivity index (χ3v) is 5.43. The summed E-state index contributed by atoms with van der Waals surface area (Å²) >= 11 is 11.8. The molecule has 0 saturated heterocycles. The lowest BCUT2D eigenvalue weighted by atomic mass is 9.76. The first-order chi connectivity index (χ1) is 9.61. The predicted molar refractivity (Wildman–Crippen MR) is 97.7 cm³/mol. The van der Waals surface area contributed by atoms with Gasteiger partial charge in [-0.2, -0.15) is 0 Å². The molecular weight excluding hydrogens is 448 g/mol. The Morgan fingerprint density at radius 1 is 1.10 bits per heavy atom. The van der Waals surface area contributed by atoms with Gasteiger partial charge in [0.1, 0.15) is 0 Å². The Morgan fingerprint density at radius 3 is 2.45 bits per heavy atom. The first-order valence-corrected chi connectivity index (χ1v) is 8.84. The molecule has 0 aromatic heterocycles. The summed E-state index contributed by atoms with van der Waals surface area (Å²) in [6.07, 6.45) is 2.39. The molecule has 1 N–H and O–H groups in total. The summed E-state index contributed by atoms with van der Waals surface area (Å²) in [5.41, 5.74) is 2.63. The number of halogens is 3. The highest BCUT2D eigenvalue weighted by Crippen LogP contribution is 2.39. The molecule has 1 aliphatic rings. The average molecular weight is 463 g/mol. The summed E-state index contributed by atoms with van der Waals surface area (Å²) < 4.78 is 2.33. The lowest BCUT2D eigenvalue weighted by Crippen LogP contribution is -2.34. The van der Waals surface area contributed by atoms with E-state index < -0.39 is 0 Å². The molecule has 20 heavy (non-hydrogen) atoms. The van der Waals surface area contributed by atoms with Gasteiger partial charge in [-0.25, -0.2) is 0 Å². The van der Waals surface area contributed by atoms with Crippen molar-refractivity contribution >= 4 is 55.8 Å². The Labute approximate surface area is 146 Å². The summed E-state index contributed by atoms with van der Waals surface area (Å²) in [6, 6.07) is 15.3. The van der Waals surface area contributed by atoms with Crippen LogP contribution in [0.25, 0.3) is 0 Å². The van der Waals surface area contributed by atoms with Crippen LogP contribution in [0.3, 0.4) is 0 Å². The van der Waals surface area contributed by atoms with Crippen LogP contribution in [0.5, 0.6) is 0 Å². The van der Waals surface area contributed by atoms with Crippen LogP contribution in [0.4, 0.5) is 5.69 Å². The number of hydrogen-bond donors (Lipinski definition) is 1. The molecule has 1 aliphatic carbocycles. The molecule has 3 rings (SSSR count). The minimum Gasteiger partial charge on any atom is -0.381 e. The maximum atomic E-state index is 5.98. The molecule has 2 aromatic carbocycles. The molecule has 0 spiro atoms. The highest BCUT2D eigenvalue weighted by atomic mass is 127. The Balaban J connectivity index is 1.59. The molecule has 0 bridgehead atoms. The lowest BCUT2D eigenvalue weighted by molar-refractivity contribution is 0.374. The summed E-state index contributed by atoms with van der Waals surface area (Å²) in [5.74, 6) is 0.686. The molecule has 0 aliphatic heterocycles. The van der Waals surface area contributed by atoms with Gasteiger partial charge in [0.2, 0.25) is 0 Å². The number of rotatable bonds is 3. The minimum atomic E-state index is 0.568. The van der Waals surface area contributed by atoms with Crippen molar-refractivity contribution < 1.29 is 0 Å². The molecule has 1 nitrogen and oxygen atoms in total. The van der Waals surface area contributed by atoms with E-state index in [1.807, 2.05) is 12.1 Å². The Morgan fingerprint density at radius 2 is 1.80 bits per heavy atom. The van der Waals surface area contributed by atoms with E-state index in [4.69, 9.17) is 11.6 Å². The lowest BCUT2D eigenvalue weighted by Gasteiger charge is -2.37. The fourth-order valence-corrected chi connectivity index (χ4v) is 3.86. The first-order valence-electron chi connectivity index (χ1n) is 6.59. The van der Waals surface area contributed by atoms with E-state index in [0.717, 1.165) is 9.50 Å². The maximum absolute atomic E-state index is 5.98. The van der Waals surface area contributed by atoms with Crippen LogP contribution in [0.15, 0.2) is 46.9 Å². The van der Waals surface area contributed by atoms with Crippen molar-refractivity contribution in [2.45, 2.75) is 24.8 Å². The van der Waals surface area contributed by atoms with Crippen molar-refractivity contribution in [3.05, 3.63) is 61.1 Å². The van der Waals surface area contributed by atoms with Crippen molar-refractivity contribution in [1.82, 2.24) is 0 Å². The van der Waals surface area contributed by atoms with Crippen LogP contribution in [-0.2, 0) is 0 Å². The van der Waals surface area contributed by atoms with Gasteiger partial charge in [-0.15, -0.1) is 0 Å². The van der Waals surface area contributed by atoms with Gasteiger partial charge in [-0.3, -0.25) is 0 Å². The van der Waals surface area contributed by atoms with Crippen LogP contribution in [0.2, 0.25) is 5.02 Å². The summed E-state index contributed by atoms with van der Waals surface area (Å²) in [6.45, 7) is 0. The molecule has 2 aromatic rings. The van der Waals surface area contributed by atoms with Crippen molar-refractivity contribution in [3.63, 3.8) is 0 Å². The standard InChI is InChI=1S/C16H14BrClIN/c17-12-3-1-10(2-4-12)11-7-14(8-11)20-16-6-5-13(18)9-15(16)19/h1-6,9,11,14,20H,7-8H2. The fourth-order valence-electron chi connectivity index (χ4n) is 2.57. The zero-order chi connectivity index (χ0) is 14.1. The molecule has 1 saturated carbocycles. The molecule has 1 fully saturated rings. The Kier molecular flexibility index (Phi) is 4.58. The van der Waals surface area contributed by atoms with E-state index in [-0.39, 0.29) is 0 Å². The SMILES string of the molecule is Clc1ccc(NC2CC(c3ccc(Br)cc3)C2)c(I)c1. The summed E-state index contributed by atoms with van der Waals surface area (Å²) in [7, 11) is 0. The molecule has 0 radical (unpaired) electrons. The maximum Gasteiger partial charge on any atom is 0.0479 e. The highest BCUT2D eigenvalue weighted by molar-refractivity contribution is 14.1. The van der Waals surface area contributed by atoms with E-state index in [9.17, 15) is 0 Å². The number of hydrogen-bond acceptors (Lipinski definition) is 1. The van der Waals surface area contributed by atoms with Crippen molar-refractivity contribution in [1.29, 1.82) is 0 Å². The van der Waals surface area contributed by atoms with Gasteiger partial charge in [0.05, 0.1) is 0 Å². The number of benzene rings is 2. The minimum absolute atomic E-state index is 0.568. The van der Waals surface area contributed by atoms with Crippen LogP contribution >= 0.6 is 50.1 Å². The van der Waals surface area contributed by atoms with Gasteiger partial charge < -0.3 is 5.32 Å². The predicted octanol–water partition coefficient (Wildman–Crippen LogP) is 6.07. The fraction of sp³-hybridized carbons (Fsp3) is 0.250. The molecule has 0 heterocycles. The second kappa shape index (κ2) is 6.24. The third-order valence-electron chi connectivity index (χ3n) is 3.77. The van der Waals surface area contributed by atoms with Gasteiger partial charge >= 0.3 is 0 Å². The van der Waals surface area contributed by atoms with Crippen molar-refractivity contribution in [3.8, 4) is 0 Å². The third kappa shape index (κ3) is 3.31. The normalized spacial score (nSPS) is 21.4. The smallest absolute Gasteiger partial charge is 0.0479 e. The monoisotopic (exact) mass is 461 g/mol. The van der Waals surface area contributed by atoms with Gasteiger partial charge in [0.25, 0.3) is 0 Å². The van der Waals surface area contributed by atoms with E-state index in [0.29, 0.717) is 12.0 Å². The molecule has 0 unspecified atom stereocenters. The van der Waals surface area contributed by atoms with Crippen LogP contribution in [-0.4, -0.2) is 6.04 Å². The Hall–Kier alpha value is -0.260. The van der Waals surface area contributed by atoms with Gasteiger partial charge in [-0.05, 0) is 77.2 Å². The highest BCUT2D eigenvalue weighted by Gasteiger charge is 2.30.